The number of nitrogens with two attached hydrogens (primary N) is 1. The summed E-state index contributed by atoms with van der Waals surface area (Å²) in [6, 6.07) is 1.69. The predicted octanol–water partition coefficient (Wildman–Crippen LogP) is 1.89. The van der Waals surface area contributed by atoms with Gasteiger partial charge in [-0.15, -0.1) is 11.3 Å². The van der Waals surface area contributed by atoms with Crippen LogP contribution in [0, 0.1) is 6.92 Å². The Morgan fingerprint density at radius 2 is 2.31 bits per heavy atom. The molecule has 0 aromatic carbocycles. The van der Waals surface area contributed by atoms with Crippen LogP contribution >= 0.6 is 27.3 Å². The molecular weight excluding hydrogens is 312 g/mol. The van der Waals surface area contributed by atoms with Crippen LogP contribution in [0.1, 0.15) is 18.4 Å². The Labute approximate surface area is 108 Å². The monoisotopic (exact) mass is 324 g/mol. The van der Waals surface area contributed by atoms with Gasteiger partial charge in [-0.3, -0.25) is 0 Å². The standard InChI is InChI=1S/C9H13BrN2O2S2/c1-6-5-8(15-9(6)10)16(13,14)12-4-2-3-7(12)11/h5,7H,2-4,11H2,1H3. The summed E-state index contributed by atoms with van der Waals surface area (Å²) in [5, 5.41) is 0. The molecule has 2 heterocycles. The number of aryl methyl sites for hydroxylation is 1. The zero-order valence-corrected chi connectivity index (χ0v) is 12.0. The van der Waals surface area contributed by atoms with Crippen molar-refractivity contribution in [3.8, 4) is 0 Å². The molecule has 0 bridgehead atoms. The highest BCUT2D eigenvalue weighted by molar-refractivity contribution is 9.11. The maximum Gasteiger partial charge on any atom is 0.253 e. The molecular formula is C9H13BrN2O2S2. The Hall–Kier alpha value is 0.0500. The summed E-state index contributed by atoms with van der Waals surface area (Å²) in [7, 11) is -3.39. The Kier molecular flexibility index (Phi) is 3.42. The fourth-order valence-electron chi connectivity index (χ4n) is 1.74. The van der Waals surface area contributed by atoms with Crippen molar-refractivity contribution in [2.45, 2.75) is 30.1 Å². The molecule has 1 saturated heterocycles. The molecule has 0 spiro atoms. The quantitative estimate of drug-likeness (QED) is 0.903. The minimum absolute atomic E-state index is 0.369. The van der Waals surface area contributed by atoms with Crippen LogP contribution in [-0.4, -0.2) is 25.4 Å². The van der Waals surface area contributed by atoms with Crippen molar-refractivity contribution in [3.05, 3.63) is 15.4 Å². The summed E-state index contributed by atoms with van der Waals surface area (Å²) in [4.78, 5) is 0. The fourth-order valence-corrected chi connectivity index (χ4v) is 5.68. The van der Waals surface area contributed by atoms with Gasteiger partial charge in [0.25, 0.3) is 10.0 Å². The molecule has 1 aromatic rings. The van der Waals surface area contributed by atoms with Gasteiger partial charge in [-0.05, 0) is 47.3 Å². The molecule has 90 valence electrons. The summed E-state index contributed by atoms with van der Waals surface area (Å²) in [5.41, 5.74) is 6.73. The first-order valence-electron chi connectivity index (χ1n) is 4.96. The van der Waals surface area contributed by atoms with E-state index in [1.54, 1.807) is 6.07 Å². The average molecular weight is 325 g/mol. The normalized spacial score (nSPS) is 22.8. The Bertz CT molecular complexity index is 478. The molecule has 2 N–H and O–H groups in total. The number of nitrogens with zero attached hydrogens (tertiary/aromatic N) is 1. The van der Waals surface area contributed by atoms with Gasteiger partial charge >= 0.3 is 0 Å². The van der Waals surface area contributed by atoms with Crippen LogP contribution in [0.3, 0.4) is 0 Å². The number of sulfonamides is 1. The van der Waals surface area contributed by atoms with E-state index >= 15 is 0 Å². The molecule has 4 nitrogen and oxygen atoms in total. The minimum Gasteiger partial charge on any atom is -0.315 e. The Balaban J connectivity index is 2.38. The van der Waals surface area contributed by atoms with E-state index in [9.17, 15) is 8.42 Å². The van der Waals surface area contributed by atoms with Gasteiger partial charge in [-0.25, -0.2) is 8.42 Å². The van der Waals surface area contributed by atoms with Crippen molar-refractivity contribution >= 4 is 37.3 Å². The van der Waals surface area contributed by atoms with E-state index < -0.39 is 10.0 Å². The van der Waals surface area contributed by atoms with Gasteiger partial charge in [0.15, 0.2) is 0 Å². The largest absolute Gasteiger partial charge is 0.315 e. The first-order valence-corrected chi connectivity index (χ1v) is 8.01. The lowest BCUT2D eigenvalue weighted by molar-refractivity contribution is 0.397. The zero-order chi connectivity index (χ0) is 11.9. The maximum atomic E-state index is 12.2. The van der Waals surface area contributed by atoms with Gasteiger partial charge in [-0.2, -0.15) is 4.31 Å². The lowest BCUT2D eigenvalue weighted by Crippen LogP contribution is -2.40. The number of hydrogen-bond acceptors (Lipinski definition) is 4. The molecule has 1 aromatic heterocycles. The van der Waals surface area contributed by atoms with E-state index in [0.29, 0.717) is 10.8 Å². The second-order valence-electron chi connectivity index (χ2n) is 3.85. The van der Waals surface area contributed by atoms with E-state index in [0.717, 1.165) is 22.2 Å². The molecule has 0 aliphatic carbocycles. The zero-order valence-electron chi connectivity index (χ0n) is 8.81. The summed E-state index contributed by atoms with van der Waals surface area (Å²) in [6.45, 7) is 2.40. The topological polar surface area (TPSA) is 63.4 Å². The van der Waals surface area contributed by atoms with E-state index in [2.05, 4.69) is 15.9 Å². The molecule has 2 rings (SSSR count). The predicted molar refractivity (Wildman–Crippen MR) is 67.9 cm³/mol. The van der Waals surface area contributed by atoms with E-state index in [1.165, 1.54) is 15.6 Å². The van der Waals surface area contributed by atoms with Crippen molar-refractivity contribution < 1.29 is 8.42 Å². The number of hydrogen-bond donors (Lipinski definition) is 1. The van der Waals surface area contributed by atoms with Gasteiger partial charge in [0.2, 0.25) is 0 Å². The van der Waals surface area contributed by atoms with Gasteiger partial charge in [-0.1, -0.05) is 0 Å². The highest BCUT2D eigenvalue weighted by atomic mass is 79.9. The smallest absolute Gasteiger partial charge is 0.253 e. The fraction of sp³-hybridized carbons (Fsp3) is 0.556. The lowest BCUT2D eigenvalue weighted by Gasteiger charge is -2.19. The molecule has 1 fully saturated rings. The van der Waals surface area contributed by atoms with Crippen molar-refractivity contribution in [1.29, 1.82) is 0 Å². The summed E-state index contributed by atoms with van der Waals surface area (Å²) >= 11 is 4.58. The summed E-state index contributed by atoms with van der Waals surface area (Å²) in [6.07, 6.45) is 1.21. The number of rotatable bonds is 2. The Morgan fingerprint density at radius 1 is 1.62 bits per heavy atom. The molecule has 7 heteroatoms. The van der Waals surface area contributed by atoms with Crippen LogP contribution in [0.4, 0.5) is 0 Å². The highest BCUT2D eigenvalue weighted by Crippen LogP contribution is 2.34. The third-order valence-corrected chi connectivity index (χ3v) is 7.16. The average Bonchev–Trinajstić information content (AvgIpc) is 2.75. The van der Waals surface area contributed by atoms with Crippen LogP contribution in [0.2, 0.25) is 0 Å². The summed E-state index contributed by atoms with van der Waals surface area (Å²) < 4.78 is 27.1. The molecule has 0 amide bonds. The van der Waals surface area contributed by atoms with Crippen molar-refractivity contribution in [2.24, 2.45) is 5.73 Å². The SMILES string of the molecule is Cc1cc(S(=O)(=O)N2CCCC2N)sc1Br. The molecule has 0 radical (unpaired) electrons. The van der Waals surface area contributed by atoms with Crippen molar-refractivity contribution in [3.63, 3.8) is 0 Å². The van der Waals surface area contributed by atoms with Gasteiger partial charge in [0.05, 0.1) is 9.95 Å². The summed E-state index contributed by atoms with van der Waals surface area (Å²) in [5.74, 6) is 0. The van der Waals surface area contributed by atoms with Gasteiger partial charge in [0, 0.05) is 6.54 Å². The van der Waals surface area contributed by atoms with Gasteiger partial charge in [0.1, 0.15) is 4.21 Å². The molecule has 0 saturated carbocycles. The van der Waals surface area contributed by atoms with Crippen molar-refractivity contribution in [1.82, 2.24) is 4.31 Å². The molecule has 1 aliphatic rings. The molecule has 16 heavy (non-hydrogen) atoms. The van der Waals surface area contributed by atoms with E-state index in [4.69, 9.17) is 5.73 Å². The third kappa shape index (κ3) is 2.06. The lowest BCUT2D eigenvalue weighted by atomic mass is 10.3. The molecule has 1 atom stereocenters. The van der Waals surface area contributed by atoms with Crippen molar-refractivity contribution in [2.75, 3.05) is 6.54 Å². The first-order chi connectivity index (χ1) is 7.43. The van der Waals surface area contributed by atoms with Crippen LogP contribution in [-0.2, 0) is 10.0 Å². The van der Waals surface area contributed by atoms with E-state index in [1.807, 2.05) is 6.92 Å². The van der Waals surface area contributed by atoms with Crippen LogP contribution in [0.5, 0.6) is 0 Å². The third-order valence-electron chi connectivity index (χ3n) is 2.65. The molecule has 1 unspecified atom stereocenters. The van der Waals surface area contributed by atoms with Crippen LogP contribution < -0.4 is 5.73 Å². The number of thiophene rings is 1. The highest BCUT2D eigenvalue weighted by Gasteiger charge is 2.34. The van der Waals surface area contributed by atoms with Gasteiger partial charge < -0.3 is 5.73 Å². The van der Waals surface area contributed by atoms with E-state index in [-0.39, 0.29) is 6.17 Å². The number of halogens is 1. The minimum atomic E-state index is -3.39. The first kappa shape index (κ1) is 12.5. The maximum absolute atomic E-state index is 12.2. The second kappa shape index (κ2) is 4.38. The second-order valence-corrected chi connectivity index (χ2v) is 8.33. The van der Waals surface area contributed by atoms with Crippen LogP contribution in [0.25, 0.3) is 0 Å². The van der Waals surface area contributed by atoms with Crippen LogP contribution in [0.15, 0.2) is 14.1 Å². The molecule has 1 aliphatic heterocycles. The Morgan fingerprint density at radius 3 is 2.75 bits per heavy atom.